The average molecular weight is 532 g/mol. The Morgan fingerprint density at radius 2 is 1.72 bits per heavy atom. The van der Waals surface area contributed by atoms with Crippen molar-refractivity contribution in [3.8, 4) is 0 Å². The van der Waals surface area contributed by atoms with Gasteiger partial charge in [-0.3, -0.25) is 9.59 Å². The fourth-order valence-corrected chi connectivity index (χ4v) is 6.15. The summed E-state index contributed by atoms with van der Waals surface area (Å²) >= 11 is 0. The van der Waals surface area contributed by atoms with E-state index < -0.39 is 17.3 Å². The highest BCUT2D eigenvalue weighted by Crippen LogP contribution is 2.48. The van der Waals surface area contributed by atoms with E-state index in [0.29, 0.717) is 17.8 Å². The molecule has 2 atom stereocenters. The summed E-state index contributed by atoms with van der Waals surface area (Å²) in [4.78, 5) is 34.3. The summed E-state index contributed by atoms with van der Waals surface area (Å²) in [6, 6.07) is 21.1. The van der Waals surface area contributed by atoms with Crippen LogP contribution in [0.15, 0.2) is 72.8 Å². The van der Waals surface area contributed by atoms with Gasteiger partial charge in [-0.15, -0.1) is 0 Å². The number of aryl methyl sites for hydroxylation is 1. The van der Waals surface area contributed by atoms with E-state index in [1.54, 1.807) is 17.9 Å². The second-order valence-electron chi connectivity index (χ2n) is 10.5. The average Bonchev–Trinajstić information content (AvgIpc) is 3.32. The second kappa shape index (κ2) is 9.00. The lowest BCUT2D eigenvalue weighted by molar-refractivity contribution is -0.167. The number of carbonyl (C=O) groups is 2. The van der Waals surface area contributed by atoms with E-state index in [9.17, 15) is 22.8 Å². The number of rotatable bonds is 4. The number of H-pyrrole nitrogens is 1. The lowest BCUT2D eigenvalue weighted by Crippen LogP contribution is -2.67. The van der Waals surface area contributed by atoms with E-state index >= 15 is 0 Å². The molecule has 3 heterocycles. The fraction of sp³-hybridized carbons (Fsp3) is 0.290. The molecule has 1 saturated heterocycles. The molecule has 0 saturated carbocycles. The predicted octanol–water partition coefficient (Wildman–Crippen LogP) is 5.98. The molecule has 1 aromatic heterocycles. The van der Waals surface area contributed by atoms with Gasteiger partial charge in [0, 0.05) is 29.9 Å². The summed E-state index contributed by atoms with van der Waals surface area (Å²) in [6.07, 6.45) is -3.57. The highest BCUT2D eigenvalue weighted by atomic mass is 19.4. The van der Waals surface area contributed by atoms with Crippen molar-refractivity contribution in [2.24, 2.45) is 0 Å². The van der Waals surface area contributed by atoms with Crippen molar-refractivity contribution in [3.05, 3.63) is 106 Å². The van der Waals surface area contributed by atoms with Gasteiger partial charge in [0.05, 0.1) is 11.3 Å². The Kier molecular flexibility index (Phi) is 5.82. The van der Waals surface area contributed by atoms with Gasteiger partial charge < -0.3 is 14.8 Å². The van der Waals surface area contributed by atoms with E-state index in [1.807, 2.05) is 24.3 Å². The SMILES string of the molecule is CCc1ccc(C2CN3C(=O)CN(Cc4cccc(C(F)(F)F)c4)C(=O)C3(C)c3[nH]c4ccccc4c32)cc1. The van der Waals surface area contributed by atoms with E-state index in [-0.39, 0.29) is 30.8 Å². The summed E-state index contributed by atoms with van der Waals surface area (Å²) in [5, 5.41) is 0.994. The number of hydrogen-bond donors (Lipinski definition) is 1. The number of nitrogens with one attached hydrogen (secondary N) is 1. The van der Waals surface area contributed by atoms with Crippen molar-refractivity contribution in [3.63, 3.8) is 0 Å². The van der Waals surface area contributed by atoms with Gasteiger partial charge in [0.2, 0.25) is 5.91 Å². The zero-order chi connectivity index (χ0) is 27.5. The molecule has 2 aliphatic rings. The van der Waals surface area contributed by atoms with Gasteiger partial charge in [0.1, 0.15) is 6.54 Å². The molecule has 2 amide bonds. The largest absolute Gasteiger partial charge is 0.416 e. The fourth-order valence-electron chi connectivity index (χ4n) is 6.15. The number of halogens is 3. The summed E-state index contributed by atoms with van der Waals surface area (Å²) in [6.45, 7) is 3.90. The molecule has 2 aliphatic heterocycles. The number of hydrogen-bond acceptors (Lipinski definition) is 2. The molecule has 0 radical (unpaired) electrons. The molecule has 3 aromatic carbocycles. The van der Waals surface area contributed by atoms with Crippen LogP contribution in [0.2, 0.25) is 0 Å². The molecule has 1 fully saturated rings. The molecule has 200 valence electrons. The first-order valence-corrected chi connectivity index (χ1v) is 13.1. The Bertz CT molecular complexity index is 1590. The van der Waals surface area contributed by atoms with Crippen molar-refractivity contribution in [1.29, 1.82) is 0 Å². The Hall–Kier alpha value is -4.07. The standard InChI is InChI=1S/C31H28F3N3O2/c1-3-19-11-13-21(14-12-19)24-17-37-26(38)18-36(16-20-7-6-8-22(15-20)31(32,33)34)29(39)30(37,2)28-27(24)23-9-4-5-10-25(23)35-28/h4-15,24,35H,3,16-18H2,1-2H3. The van der Waals surface area contributed by atoms with E-state index in [2.05, 4.69) is 36.2 Å². The van der Waals surface area contributed by atoms with Crippen molar-refractivity contribution in [1.82, 2.24) is 14.8 Å². The summed E-state index contributed by atoms with van der Waals surface area (Å²) in [5.41, 5.74) is 3.02. The van der Waals surface area contributed by atoms with E-state index in [4.69, 9.17) is 0 Å². The molecule has 1 N–H and O–H groups in total. The van der Waals surface area contributed by atoms with E-state index in [1.165, 1.54) is 16.5 Å². The Morgan fingerprint density at radius 1 is 0.974 bits per heavy atom. The lowest BCUT2D eigenvalue weighted by Gasteiger charge is -2.51. The lowest BCUT2D eigenvalue weighted by atomic mass is 9.76. The number of para-hydroxylation sites is 1. The van der Waals surface area contributed by atoms with Gasteiger partial charge in [-0.25, -0.2) is 0 Å². The molecule has 0 aliphatic carbocycles. The minimum Gasteiger partial charge on any atom is -0.356 e. The van der Waals surface area contributed by atoms with Crippen LogP contribution in [-0.4, -0.2) is 39.7 Å². The molecule has 6 rings (SSSR count). The first-order chi connectivity index (χ1) is 18.6. The normalized spacial score (nSPS) is 21.3. The van der Waals surface area contributed by atoms with Gasteiger partial charge in [0.25, 0.3) is 5.91 Å². The molecule has 39 heavy (non-hydrogen) atoms. The number of nitrogens with zero attached hydrogens (tertiary/aromatic N) is 2. The van der Waals surface area contributed by atoms with Crippen LogP contribution in [0.5, 0.6) is 0 Å². The topological polar surface area (TPSA) is 56.4 Å². The molecule has 0 spiro atoms. The second-order valence-corrected chi connectivity index (χ2v) is 10.5. The van der Waals surface area contributed by atoms with Gasteiger partial charge >= 0.3 is 6.18 Å². The molecule has 0 bridgehead atoms. The van der Waals surface area contributed by atoms with Crippen molar-refractivity contribution < 1.29 is 22.8 Å². The molecule has 2 unspecified atom stereocenters. The zero-order valence-corrected chi connectivity index (χ0v) is 21.7. The third-order valence-corrected chi connectivity index (χ3v) is 8.24. The quantitative estimate of drug-likeness (QED) is 0.352. The highest BCUT2D eigenvalue weighted by Gasteiger charge is 2.56. The highest BCUT2D eigenvalue weighted by molar-refractivity contribution is 6.01. The minimum absolute atomic E-state index is 0.0879. The van der Waals surface area contributed by atoms with Crippen molar-refractivity contribution in [2.75, 3.05) is 13.1 Å². The first kappa shape index (κ1) is 25.2. The van der Waals surface area contributed by atoms with Crippen LogP contribution in [-0.2, 0) is 34.3 Å². The number of carbonyl (C=O) groups excluding carboxylic acids is 2. The van der Waals surface area contributed by atoms with Gasteiger partial charge in [-0.1, -0.05) is 61.5 Å². The number of aromatic amines is 1. The number of piperazine rings is 1. The third-order valence-electron chi connectivity index (χ3n) is 8.24. The maximum absolute atomic E-state index is 14.2. The third kappa shape index (κ3) is 4.01. The molecule has 5 nitrogen and oxygen atoms in total. The molecule has 8 heteroatoms. The van der Waals surface area contributed by atoms with Crippen LogP contribution in [0.3, 0.4) is 0 Å². The Balaban J connectivity index is 1.45. The molecular weight excluding hydrogens is 503 g/mol. The van der Waals surface area contributed by atoms with Crippen LogP contribution < -0.4 is 0 Å². The molecular formula is C31H28F3N3O2. The van der Waals surface area contributed by atoms with Gasteiger partial charge in [0.15, 0.2) is 5.54 Å². The summed E-state index contributed by atoms with van der Waals surface area (Å²) in [7, 11) is 0. The van der Waals surface area contributed by atoms with Crippen LogP contribution in [0.25, 0.3) is 10.9 Å². The van der Waals surface area contributed by atoms with Crippen LogP contribution in [0.4, 0.5) is 13.2 Å². The summed E-state index contributed by atoms with van der Waals surface area (Å²) in [5.74, 6) is -0.683. The number of alkyl halides is 3. The number of aromatic nitrogens is 1. The smallest absolute Gasteiger partial charge is 0.356 e. The number of amides is 2. The minimum atomic E-state index is -4.49. The van der Waals surface area contributed by atoms with Crippen LogP contribution in [0.1, 0.15) is 53.3 Å². The summed E-state index contributed by atoms with van der Waals surface area (Å²) < 4.78 is 39.9. The number of fused-ring (bicyclic) bond motifs is 5. The zero-order valence-electron chi connectivity index (χ0n) is 21.7. The predicted molar refractivity (Wildman–Crippen MR) is 142 cm³/mol. The first-order valence-electron chi connectivity index (χ1n) is 13.1. The number of benzene rings is 3. The van der Waals surface area contributed by atoms with Gasteiger partial charge in [-0.05, 0) is 53.8 Å². The van der Waals surface area contributed by atoms with Crippen LogP contribution >= 0.6 is 0 Å². The van der Waals surface area contributed by atoms with Gasteiger partial charge in [-0.2, -0.15) is 13.2 Å². The Labute approximate surface area is 224 Å². The maximum Gasteiger partial charge on any atom is 0.416 e. The van der Waals surface area contributed by atoms with Crippen molar-refractivity contribution >= 4 is 22.7 Å². The maximum atomic E-state index is 14.2. The molecule has 4 aromatic rings. The Morgan fingerprint density at radius 3 is 2.44 bits per heavy atom. The monoisotopic (exact) mass is 531 g/mol. The van der Waals surface area contributed by atoms with Crippen molar-refractivity contribution in [2.45, 2.75) is 44.4 Å². The van der Waals surface area contributed by atoms with Crippen LogP contribution in [0, 0.1) is 0 Å². The van der Waals surface area contributed by atoms with E-state index in [0.717, 1.165) is 40.6 Å².